The summed E-state index contributed by atoms with van der Waals surface area (Å²) in [4.78, 5) is 18.6. The Labute approximate surface area is 165 Å². The number of carbonyl (C=O) groups is 1. The van der Waals surface area contributed by atoms with E-state index >= 15 is 0 Å². The molecule has 2 aromatic carbocycles. The number of benzene rings is 2. The summed E-state index contributed by atoms with van der Waals surface area (Å²) >= 11 is 0. The van der Waals surface area contributed by atoms with Crippen LogP contribution < -0.4 is 10.1 Å². The van der Waals surface area contributed by atoms with Crippen LogP contribution in [0.4, 0.5) is 0 Å². The summed E-state index contributed by atoms with van der Waals surface area (Å²) in [6, 6.07) is 18.1. The summed E-state index contributed by atoms with van der Waals surface area (Å²) in [5, 5.41) is 4.62. The maximum absolute atomic E-state index is 12.2. The van der Waals surface area contributed by atoms with Crippen molar-refractivity contribution in [3.05, 3.63) is 71.9 Å². The molecular formula is C23H25N3O2. The van der Waals surface area contributed by atoms with E-state index in [1.165, 1.54) is 5.56 Å². The molecule has 1 aliphatic rings. The molecule has 0 atom stereocenters. The number of pyridine rings is 1. The van der Waals surface area contributed by atoms with E-state index in [0.717, 1.165) is 54.7 Å². The number of aromatic nitrogens is 1. The molecular weight excluding hydrogens is 350 g/mol. The molecule has 0 radical (unpaired) electrons. The average molecular weight is 375 g/mol. The highest BCUT2D eigenvalue weighted by Gasteiger charge is 2.18. The van der Waals surface area contributed by atoms with Crippen LogP contribution in [0, 0.1) is 0 Å². The predicted octanol–water partition coefficient (Wildman–Crippen LogP) is 3.53. The highest BCUT2D eigenvalue weighted by molar-refractivity contribution is 5.81. The molecule has 3 aromatic rings. The van der Waals surface area contributed by atoms with Gasteiger partial charge in [-0.15, -0.1) is 0 Å². The predicted molar refractivity (Wildman–Crippen MR) is 110 cm³/mol. The molecule has 5 nitrogen and oxygen atoms in total. The lowest BCUT2D eigenvalue weighted by atomic mass is 10.1. The second-order valence-corrected chi connectivity index (χ2v) is 7.08. The van der Waals surface area contributed by atoms with Gasteiger partial charge in [-0.2, -0.15) is 0 Å². The molecule has 1 amide bonds. The van der Waals surface area contributed by atoms with Gasteiger partial charge in [0.1, 0.15) is 5.75 Å². The fraction of sp³-hybridized carbons (Fsp3) is 0.304. The molecule has 4 rings (SSSR count). The standard InChI is InChI=1S/C23H25N3O2/c27-22(26-13-3-4-14-26)17-28-21-11-2-1-7-19(21)15-24-16-20-9-5-8-18-10-6-12-25-23(18)20/h1-2,5-12,24H,3-4,13-17H2. The largest absolute Gasteiger partial charge is 0.483 e. The Kier molecular flexibility index (Phi) is 5.83. The van der Waals surface area contributed by atoms with Crippen LogP contribution in [-0.4, -0.2) is 35.5 Å². The van der Waals surface area contributed by atoms with E-state index < -0.39 is 0 Å². The molecule has 2 heterocycles. The van der Waals surface area contributed by atoms with Gasteiger partial charge in [-0.1, -0.05) is 42.5 Å². The minimum Gasteiger partial charge on any atom is -0.483 e. The number of nitrogens with one attached hydrogen (secondary N) is 1. The van der Waals surface area contributed by atoms with Crippen LogP contribution in [-0.2, 0) is 17.9 Å². The number of hydrogen-bond acceptors (Lipinski definition) is 4. The van der Waals surface area contributed by atoms with Crippen molar-refractivity contribution < 1.29 is 9.53 Å². The third-order valence-electron chi connectivity index (χ3n) is 5.13. The van der Waals surface area contributed by atoms with E-state index in [1.807, 2.05) is 41.4 Å². The Morgan fingerprint density at radius 2 is 1.71 bits per heavy atom. The molecule has 1 fully saturated rings. The normalized spacial score (nSPS) is 13.8. The Morgan fingerprint density at radius 3 is 2.61 bits per heavy atom. The first-order valence-corrected chi connectivity index (χ1v) is 9.83. The first-order valence-electron chi connectivity index (χ1n) is 9.83. The SMILES string of the molecule is O=C(COc1ccccc1CNCc1cccc2cccnc12)N1CCCC1. The number of likely N-dealkylation sites (tertiary alicyclic amines) is 1. The Balaban J connectivity index is 1.36. The smallest absolute Gasteiger partial charge is 0.260 e. The zero-order valence-electron chi connectivity index (χ0n) is 15.9. The van der Waals surface area contributed by atoms with Gasteiger partial charge in [-0.3, -0.25) is 9.78 Å². The Morgan fingerprint density at radius 1 is 0.964 bits per heavy atom. The first kappa shape index (κ1) is 18.4. The van der Waals surface area contributed by atoms with Crippen molar-refractivity contribution in [3.8, 4) is 5.75 Å². The van der Waals surface area contributed by atoms with E-state index in [2.05, 4.69) is 34.6 Å². The van der Waals surface area contributed by atoms with Crippen LogP contribution in [0.25, 0.3) is 10.9 Å². The van der Waals surface area contributed by atoms with Gasteiger partial charge in [0.15, 0.2) is 6.61 Å². The number of rotatable bonds is 7. The van der Waals surface area contributed by atoms with Crippen LogP contribution >= 0.6 is 0 Å². The van der Waals surface area contributed by atoms with Gasteiger partial charge in [-0.25, -0.2) is 0 Å². The van der Waals surface area contributed by atoms with Gasteiger partial charge < -0.3 is 15.0 Å². The summed E-state index contributed by atoms with van der Waals surface area (Å²) in [7, 11) is 0. The topological polar surface area (TPSA) is 54.5 Å². The zero-order chi connectivity index (χ0) is 19.2. The van der Waals surface area contributed by atoms with E-state index in [4.69, 9.17) is 4.74 Å². The van der Waals surface area contributed by atoms with Crippen LogP contribution in [0.15, 0.2) is 60.8 Å². The molecule has 0 aliphatic carbocycles. The molecule has 0 bridgehead atoms. The number of amides is 1. The number of hydrogen-bond donors (Lipinski definition) is 1. The molecule has 1 saturated heterocycles. The molecule has 28 heavy (non-hydrogen) atoms. The van der Waals surface area contributed by atoms with Crippen molar-refractivity contribution in [1.29, 1.82) is 0 Å². The molecule has 144 valence electrons. The van der Waals surface area contributed by atoms with Crippen LogP contribution in [0.1, 0.15) is 24.0 Å². The first-order chi connectivity index (χ1) is 13.8. The Bertz CT molecular complexity index is 946. The Hall–Kier alpha value is -2.92. The van der Waals surface area contributed by atoms with Crippen molar-refractivity contribution in [2.75, 3.05) is 19.7 Å². The zero-order valence-corrected chi connectivity index (χ0v) is 15.9. The van der Waals surface area contributed by atoms with Gasteiger partial charge >= 0.3 is 0 Å². The molecule has 1 aliphatic heterocycles. The van der Waals surface area contributed by atoms with Gasteiger partial charge in [0.2, 0.25) is 0 Å². The summed E-state index contributed by atoms with van der Waals surface area (Å²) in [6.45, 7) is 3.19. The summed E-state index contributed by atoms with van der Waals surface area (Å²) < 4.78 is 5.84. The summed E-state index contributed by atoms with van der Waals surface area (Å²) in [5.41, 5.74) is 3.24. The maximum Gasteiger partial charge on any atom is 0.260 e. The second-order valence-electron chi connectivity index (χ2n) is 7.08. The van der Waals surface area contributed by atoms with E-state index in [1.54, 1.807) is 0 Å². The van der Waals surface area contributed by atoms with Gasteiger partial charge in [-0.05, 0) is 30.5 Å². The van der Waals surface area contributed by atoms with E-state index in [0.29, 0.717) is 6.54 Å². The van der Waals surface area contributed by atoms with E-state index in [9.17, 15) is 4.79 Å². The minimum absolute atomic E-state index is 0.0714. The quantitative estimate of drug-likeness (QED) is 0.686. The maximum atomic E-state index is 12.2. The van der Waals surface area contributed by atoms with Gasteiger partial charge in [0.25, 0.3) is 5.91 Å². The van der Waals surface area contributed by atoms with Gasteiger partial charge in [0, 0.05) is 43.3 Å². The third-order valence-corrected chi connectivity index (χ3v) is 5.13. The highest BCUT2D eigenvalue weighted by atomic mass is 16.5. The lowest BCUT2D eigenvalue weighted by Gasteiger charge is -2.17. The van der Waals surface area contributed by atoms with Crippen LogP contribution in [0.3, 0.4) is 0 Å². The average Bonchev–Trinajstić information content (AvgIpc) is 3.28. The molecule has 0 spiro atoms. The number of nitrogens with zero attached hydrogens (tertiary/aromatic N) is 2. The molecule has 1 aromatic heterocycles. The fourth-order valence-corrected chi connectivity index (χ4v) is 3.63. The highest BCUT2D eigenvalue weighted by Crippen LogP contribution is 2.20. The summed E-state index contributed by atoms with van der Waals surface area (Å²) in [5.74, 6) is 0.834. The van der Waals surface area contributed by atoms with Crippen molar-refractivity contribution in [2.45, 2.75) is 25.9 Å². The molecule has 1 N–H and O–H groups in total. The monoisotopic (exact) mass is 375 g/mol. The third kappa shape index (κ3) is 4.31. The van der Waals surface area contributed by atoms with Crippen molar-refractivity contribution in [2.24, 2.45) is 0 Å². The van der Waals surface area contributed by atoms with Crippen molar-refractivity contribution in [1.82, 2.24) is 15.2 Å². The fourth-order valence-electron chi connectivity index (χ4n) is 3.63. The van der Waals surface area contributed by atoms with Crippen molar-refractivity contribution in [3.63, 3.8) is 0 Å². The van der Waals surface area contributed by atoms with Gasteiger partial charge in [0.05, 0.1) is 5.52 Å². The minimum atomic E-state index is 0.0714. The van der Waals surface area contributed by atoms with Crippen molar-refractivity contribution >= 4 is 16.8 Å². The van der Waals surface area contributed by atoms with Crippen LogP contribution in [0.2, 0.25) is 0 Å². The molecule has 0 unspecified atom stereocenters. The summed E-state index contributed by atoms with van der Waals surface area (Å²) in [6.07, 6.45) is 4.01. The van der Waals surface area contributed by atoms with Crippen LogP contribution in [0.5, 0.6) is 5.75 Å². The number of carbonyl (C=O) groups excluding carboxylic acids is 1. The second kappa shape index (κ2) is 8.85. The lowest BCUT2D eigenvalue weighted by molar-refractivity contribution is -0.132. The number of fused-ring (bicyclic) bond motifs is 1. The number of ether oxygens (including phenoxy) is 1. The molecule has 5 heteroatoms. The number of para-hydroxylation sites is 2. The van der Waals surface area contributed by atoms with E-state index in [-0.39, 0.29) is 12.5 Å². The lowest BCUT2D eigenvalue weighted by Crippen LogP contribution is -2.32. The molecule has 0 saturated carbocycles.